The summed E-state index contributed by atoms with van der Waals surface area (Å²) in [5, 5.41) is 9.05. The summed E-state index contributed by atoms with van der Waals surface area (Å²) in [6, 6.07) is 14.0. The molecule has 1 N–H and O–H groups in total. The molecular weight excluding hydrogens is 280 g/mol. The number of nitrogens with zero attached hydrogens (tertiary/aromatic N) is 2. The lowest BCUT2D eigenvalue weighted by Gasteiger charge is -2.30. The van der Waals surface area contributed by atoms with Gasteiger partial charge in [-0.25, -0.2) is 4.79 Å². The van der Waals surface area contributed by atoms with Gasteiger partial charge < -0.3 is 9.84 Å². The molecule has 0 bridgehead atoms. The second-order valence-electron chi connectivity index (χ2n) is 5.35. The standard InChI is InChI=1S/C17H18N2O3/c20-17(21)16-12-19(8-9-22-16)11-13-4-3-5-14(10-13)15-6-1-2-7-18-15/h1-7,10,16H,8-9,11-12H2,(H,20,21)/t16-/m0/s1. The van der Waals surface area contributed by atoms with E-state index in [9.17, 15) is 4.79 Å². The maximum Gasteiger partial charge on any atom is 0.334 e. The summed E-state index contributed by atoms with van der Waals surface area (Å²) in [6.45, 7) is 2.34. The smallest absolute Gasteiger partial charge is 0.334 e. The molecule has 1 atom stereocenters. The van der Waals surface area contributed by atoms with E-state index in [-0.39, 0.29) is 0 Å². The van der Waals surface area contributed by atoms with Gasteiger partial charge in [0.05, 0.1) is 12.3 Å². The summed E-state index contributed by atoms with van der Waals surface area (Å²) in [7, 11) is 0. The van der Waals surface area contributed by atoms with E-state index in [1.165, 1.54) is 0 Å². The van der Waals surface area contributed by atoms with Crippen molar-refractivity contribution in [3.63, 3.8) is 0 Å². The Hall–Kier alpha value is -2.24. The van der Waals surface area contributed by atoms with Gasteiger partial charge in [-0.05, 0) is 23.8 Å². The molecule has 22 heavy (non-hydrogen) atoms. The summed E-state index contributed by atoms with van der Waals surface area (Å²) >= 11 is 0. The molecule has 0 aliphatic carbocycles. The molecule has 0 unspecified atom stereocenters. The van der Waals surface area contributed by atoms with Crippen molar-refractivity contribution in [2.24, 2.45) is 0 Å². The van der Waals surface area contributed by atoms with Crippen LogP contribution in [0, 0.1) is 0 Å². The number of morpholine rings is 1. The summed E-state index contributed by atoms with van der Waals surface area (Å²) < 4.78 is 5.25. The third kappa shape index (κ3) is 3.50. The molecule has 3 rings (SSSR count). The Labute approximate surface area is 129 Å². The Morgan fingerprint density at radius 1 is 1.32 bits per heavy atom. The molecule has 1 aromatic heterocycles. The van der Waals surface area contributed by atoms with E-state index in [1.54, 1.807) is 6.20 Å². The number of ether oxygens (including phenoxy) is 1. The molecule has 5 nitrogen and oxygen atoms in total. The highest BCUT2D eigenvalue weighted by molar-refractivity contribution is 5.72. The molecule has 1 aliphatic heterocycles. The Morgan fingerprint density at radius 3 is 3.00 bits per heavy atom. The first-order valence-electron chi connectivity index (χ1n) is 7.29. The van der Waals surface area contributed by atoms with Crippen LogP contribution in [0.5, 0.6) is 0 Å². The van der Waals surface area contributed by atoms with Gasteiger partial charge in [0.1, 0.15) is 0 Å². The Kier molecular flexibility index (Phi) is 4.46. The fourth-order valence-corrected chi connectivity index (χ4v) is 2.62. The number of carbonyl (C=O) groups is 1. The zero-order valence-electron chi connectivity index (χ0n) is 12.2. The maximum atomic E-state index is 11.0. The van der Waals surface area contributed by atoms with Crippen LogP contribution in [0.25, 0.3) is 11.3 Å². The second-order valence-corrected chi connectivity index (χ2v) is 5.35. The lowest BCUT2D eigenvalue weighted by molar-refractivity contribution is -0.156. The van der Waals surface area contributed by atoms with Crippen molar-refractivity contribution in [2.75, 3.05) is 19.7 Å². The molecule has 1 aromatic carbocycles. The topological polar surface area (TPSA) is 62.7 Å². The molecule has 5 heteroatoms. The molecule has 0 radical (unpaired) electrons. The number of pyridine rings is 1. The normalized spacial score (nSPS) is 19.0. The zero-order chi connectivity index (χ0) is 15.4. The molecule has 0 amide bonds. The van der Waals surface area contributed by atoms with Gasteiger partial charge in [-0.2, -0.15) is 0 Å². The van der Waals surface area contributed by atoms with Crippen molar-refractivity contribution < 1.29 is 14.6 Å². The van der Waals surface area contributed by atoms with E-state index in [1.807, 2.05) is 30.3 Å². The van der Waals surface area contributed by atoms with E-state index in [4.69, 9.17) is 9.84 Å². The van der Waals surface area contributed by atoms with Crippen LogP contribution in [0.15, 0.2) is 48.7 Å². The van der Waals surface area contributed by atoms with Crippen LogP contribution in [0.3, 0.4) is 0 Å². The number of rotatable bonds is 4. The molecular formula is C17H18N2O3. The van der Waals surface area contributed by atoms with Gasteiger partial charge >= 0.3 is 5.97 Å². The van der Waals surface area contributed by atoms with Crippen LogP contribution < -0.4 is 0 Å². The first-order valence-corrected chi connectivity index (χ1v) is 7.29. The number of benzene rings is 1. The van der Waals surface area contributed by atoms with Crippen LogP contribution >= 0.6 is 0 Å². The summed E-state index contributed by atoms with van der Waals surface area (Å²) in [6.07, 6.45) is 1.05. The SMILES string of the molecule is O=C(O)[C@@H]1CN(Cc2cccc(-c3ccccn3)c2)CCO1. The average Bonchev–Trinajstić information content (AvgIpc) is 2.56. The Balaban J connectivity index is 1.72. The highest BCUT2D eigenvalue weighted by Gasteiger charge is 2.26. The second kappa shape index (κ2) is 6.68. The predicted molar refractivity (Wildman–Crippen MR) is 82.3 cm³/mol. The highest BCUT2D eigenvalue weighted by atomic mass is 16.5. The molecule has 0 spiro atoms. The van der Waals surface area contributed by atoms with Crippen molar-refractivity contribution in [3.05, 3.63) is 54.2 Å². The monoisotopic (exact) mass is 298 g/mol. The van der Waals surface area contributed by atoms with Gasteiger partial charge in [-0.3, -0.25) is 9.88 Å². The molecule has 2 aromatic rings. The minimum Gasteiger partial charge on any atom is -0.479 e. The van der Waals surface area contributed by atoms with Crippen molar-refractivity contribution in [3.8, 4) is 11.3 Å². The van der Waals surface area contributed by atoms with E-state index in [0.717, 1.165) is 23.4 Å². The fourth-order valence-electron chi connectivity index (χ4n) is 2.62. The molecule has 2 heterocycles. The van der Waals surface area contributed by atoms with Crippen LogP contribution in [-0.2, 0) is 16.1 Å². The first kappa shape index (κ1) is 14.7. The predicted octanol–water partition coefficient (Wildman–Crippen LogP) is 2.03. The van der Waals surface area contributed by atoms with Crippen molar-refractivity contribution >= 4 is 5.97 Å². The lowest BCUT2D eigenvalue weighted by atomic mass is 10.1. The van der Waals surface area contributed by atoms with Crippen LogP contribution in [-0.4, -0.2) is 46.8 Å². The van der Waals surface area contributed by atoms with Crippen molar-refractivity contribution in [1.82, 2.24) is 9.88 Å². The fraction of sp³-hybridized carbons (Fsp3) is 0.294. The van der Waals surface area contributed by atoms with E-state index in [2.05, 4.69) is 22.0 Å². The highest BCUT2D eigenvalue weighted by Crippen LogP contribution is 2.19. The third-order valence-corrected chi connectivity index (χ3v) is 3.72. The molecule has 1 fully saturated rings. The van der Waals surface area contributed by atoms with Crippen LogP contribution in [0.2, 0.25) is 0 Å². The van der Waals surface area contributed by atoms with E-state index < -0.39 is 12.1 Å². The number of hydrogen-bond acceptors (Lipinski definition) is 4. The minimum atomic E-state index is -0.896. The molecule has 1 aliphatic rings. The van der Waals surface area contributed by atoms with Crippen molar-refractivity contribution in [2.45, 2.75) is 12.6 Å². The molecule has 0 saturated carbocycles. The van der Waals surface area contributed by atoms with Crippen LogP contribution in [0.1, 0.15) is 5.56 Å². The van der Waals surface area contributed by atoms with Crippen LogP contribution in [0.4, 0.5) is 0 Å². The van der Waals surface area contributed by atoms with Gasteiger partial charge in [0.25, 0.3) is 0 Å². The quantitative estimate of drug-likeness (QED) is 0.936. The number of aliphatic carboxylic acids is 1. The Bertz CT molecular complexity index is 645. The third-order valence-electron chi connectivity index (χ3n) is 3.72. The van der Waals surface area contributed by atoms with Gasteiger partial charge in [0.2, 0.25) is 0 Å². The van der Waals surface area contributed by atoms with Gasteiger partial charge in [-0.1, -0.05) is 24.3 Å². The number of hydrogen-bond donors (Lipinski definition) is 1. The summed E-state index contributed by atoms with van der Waals surface area (Å²) in [5.74, 6) is -0.896. The Morgan fingerprint density at radius 2 is 2.23 bits per heavy atom. The number of carboxylic acids is 1. The largest absolute Gasteiger partial charge is 0.479 e. The zero-order valence-corrected chi connectivity index (χ0v) is 12.2. The lowest BCUT2D eigenvalue weighted by Crippen LogP contribution is -2.45. The van der Waals surface area contributed by atoms with Gasteiger partial charge in [0, 0.05) is 31.4 Å². The molecule has 114 valence electrons. The van der Waals surface area contributed by atoms with E-state index in [0.29, 0.717) is 19.7 Å². The summed E-state index contributed by atoms with van der Waals surface area (Å²) in [4.78, 5) is 17.5. The van der Waals surface area contributed by atoms with Gasteiger partial charge in [-0.15, -0.1) is 0 Å². The van der Waals surface area contributed by atoms with Crippen molar-refractivity contribution in [1.29, 1.82) is 0 Å². The van der Waals surface area contributed by atoms with Gasteiger partial charge in [0.15, 0.2) is 6.10 Å². The molecule has 1 saturated heterocycles. The summed E-state index contributed by atoms with van der Waals surface area (Å²) in [5.41, 5.74) is 3.16. The average molecular weight is 298 g/mol. The minimum absolute atomic E-state index is 0.420. The maximum absolute atomic E-state index is 11.0. The number of carboxylic acid groups (broad SMARTS) is 1. The first-order chi connectivity index (χ1) is 10.7. The number of aromatic nitrogens is 1. The van der Waals surface area contributed by atoms with E-state index >= 15 is 0 Å².